The SMILES string of the molecule is Cc1cc2c(s1)Nc1ccccc1N=C2N1CCN(C)[C@@H](CCc2ccc(F)cc2)C1.Cl.Cl. The first-order valence-electron chi connectivity index (χ1n) is 10.8. The van der Waals surface area contributed by atoms with Gasteiger partial charge in [-0.2, -0.15) is 0 Å². The average molecular weight is 508 g/mol. The van der Waals surface area contributed by atoms with E-state index in [-0.39, 0.29) is 30.6 Å². The normalized spacial score (nSPS) is 17.5. The first kappa shape index (κ1) is 25.5. The van der Waals surface area contributed by atoms with Gasteiger partial charge in [0.15, 0.2) is 0 Å². The zero-order valence-electron chi connectivity index (χ0n) is 18.8. The van der Waals surface area contributed by atoms with Crippen LogP contribution in [0.3, 0.4) is 0 Å². The largest absolute Gasteiger partial charge is 0.353 e. The monoisotopic (exact) mass is 506 g/mol. The molecule has 0 amide bonds. The number of amidine groups is 1. The highest BCUT2D eigenvalue weighted by molar-refractivity contribution is 7.16. The number of rotatable bonds is 3. The highest BCUT2D eigenvalue weighted by Gasteiger charge is 2.29. The van der Waals surface area contributed by atoms with Gasteiger partial charge in [0, 0.05) is 30.6 Å². The number of hydrogen-bond acceptors (Lipinski definition) is 5. The molecular formula is C25H29Cl2FN4S. The number of para-hydroxylation sites is 2. The Bertz CT molecular complexity index is 1120. The second kappa shape index (κ2) is 10.9. The van der Waals surface area contributed by atoms with Crippen LogP contribution in [-0.2, 0) is 6.42 Å². The summed E-state index contributed by atoms with van der Waals surface area (Å²) in [6.07, 6.45) is 1.99. The molecule has 0 bridgehead atoms. The maximum absolute atomic E-state index is 13.2. The first-order valence-corrected chi connectivity index (χ1v) is 11.6. The van der Waals surface area contributed by atoms with E-state index in [2.05, 4.69) is 47.3 Å². The summed E-state index contributed by atoms with van der Waals surface area (Å²) in [6, 6.07) is 17.8. The third-order valence-electron chi connectivity index (χ3n) is 6.23. The van der Waals surface area contributed by atoms with Crippen LogP contribution >= 0.6 is 36.2 Å². The lowest BCUT2D eigenvalue weighted by Gasteiger charge is -2.41. The Labute approximate surface area is 211 Å². The lowest BCUT2D eigenvalue weighted by molar-refractivity contribution is 0.134. The minimum Gasteiger partial charge on any atom is -0.353 e. The molecule has 0 unspecified atom stereocenters. The molecule has 3 aromatic rings. The lowest BCUT2D eigenvalue weighted by Crippen LogP contribution is -2.53. The quantitative estimate of drug-likeness (QED) is 0.444. The molecule has 5 rings (SSSR count). The van der Waals surface area contributed by atoms with Gasteiger partial charge < -0.3 is 10.2 Å². The fraction of sp³-hybridized carbons (Fsp3) is 0.320. The summed E-state index contributed by atoms with van der Waals surface area (Å²) in [5.74, 6) is 0.892. The van der Waals surface area contributed by atoms with Crippen LogP contribution in [0.15, 0.2) is 59.6 Å². The number of hydrogen-bond donors (Lipinski definition) is 1. The average Bonchev–Trinajstić information content (AvgIpc) is 3.06. The molecule has 1 fully saturated rings. The third-order valence-corrected chi connectivity index (χ3v) is 7.20. The van der Waals surface area contributed by atoms with Crippen molar-refractivity contribution in [1.29, 1.82) is 0 Å². The van der Waals surface area contributed by atoms with Crippen molar-refractivity contribution in [3.63, 3.8) is 0 Å². The van der Waals surface area contributed by atoms with Gasteiger partial charge in [-0.05, 0) is 62.7 Å². The molecule has 2 aliphatic heterocycles. The molecule has 0 saturated carbocycles. The lowest BCUT2D eigenvalue weighted by atomic mass is 10.0. The van der Waals surface area contributed by atoms with Gasteiger partial charge in [-0.25, -0.2) is 9.38 Å². The van der Waals surface area contributed by atoms with Gasteiger partial charge in [0.1, 0.15) is 16.7 Å². The first-order chi connectivity index (χ1) is 15.1. The molecule has 2 aliphatic rings. The number of nitrogens with zero attached hydrogens (tertiary/aromatic N) is 3. The molecule has 0 spiro atoms. The number of nitrogens with one attached hydrogen (secondary N) is 1. The maximum Gasteiger partial charge on any atom is 0.139 e. The van der Waals surface area contributed by atoms with Crippen molar-refractivity contribution in [2.24, 2.45) is 4.99 Å². The van der Waals surface area contributed by atoms with Crippen molar-refractivity contribution in [3.8, 4) is 0 Å². The van der Waals surface area contributed by atoms with E-state index in [1.807, 2.05) is 24.3 Å². The van der Waals surface area contributed by atoms with Crippen molar-refractivity contribution in [1.82, 2.24) is 9.80 Å². The number of fused-ring (bicyclic) bond motifs is 2. The summed E-state index contributed by atoms with van der Waals surface area (Å²) in [6.45, 7) is 5.05. The van der Waals surface area contributed by atoms with Crippen LogP contribution in [0.5, 0.6) is 0 Å². The summed E-state index contributed by atoms with van der Waals surface area (Å²) in [5.41, 5.74) is 4.43. The second-order valence-electron chi connectivity index (χ2n) is 8.42. The van der Waals surface area contributed by atoms with Crippen molar-refractivity contribution < 1.29 is 4.39 Å². The highest BCUT2D eigenvalue weighted by Crippen LogP contribution is 2.39. The van der Waals surface area contributed by atoms with Gasteiger partial charge in [-0.15, -0.1) is 36.2 Å². The number of halogens is 3. The molecule has 8 heteroatoms. The van der Waals surface area contributed by atoms with Gasteiger partial charge in [-0.3, -0.25) is 4.90 Å². The molecule has 1 aromatic heterocycles. The van der Waals surface area contributed by atoms with E-state index in [0.717, 1.165) is 49.7 Å². The van der Waals surface area contributed by atoms with Crippen LogP contribution in [-0.4, -0.2) is 48.4 Å². The summed E-state index contributed by atoms with van der Waals surface area (Å²) in [7, 11) is 2.21. The molecule has 1 N–H and O–H groups in total. The van der Waals surface area contributed by atoms with Crippen molar-refractivity contribution in [3.05, 3.63) is 76.4 Å². The minimum atomic E-state index is -0.174. The number of benzene rings is 2. The molecule has 176 valence electrons. The standard InChI is InChI=1S/C25H27FN4S.2ClH/c1-17-15-21-24(27-22-5-3-4-6-23(22)28-25(21)31-17)30-14-13-29(2)20(16-30)12-9-18-7-10-19(26)11-8-18;;/h3-8,10-11,15,20,28H,9,12-14,16H2,1-2H3;2*1H/t20-;;/m0../s1. The molecule has 2 aromatic carbocycles. The topological polar surface area (TPSA) is 30.9 Å². The summed E-state index contributed by atoms with van der Waals surface area (Å²) in [5, 5.41) is 4.77. The summed E-state index contributed by atoms with van der Waals surface area (Å²) >= 11 is 1.79. The van der Waals surface area contributed by atoms with Crippen LogP contribution < -0.4 is 5.32 Å². The molecule has 33 heavy (non-hydrogen) atoms. The molecule has 0 aliphatic carbocycles. The van der Waals surface area contributed by atoms with Crippen LogP contribution in [0.1, 0.15) is 22.4 Å². The fourth-order valence-electron chi connectivity index (χ4n) is 4.42. The van der Waals surface area contributed by atoms with Gasteiger partial charge in [0.05, 0.1) is 16.9 Å². The number of anilines is 2. The van der Waals surface area contributed by atoms with E-state index in [1.165, 1.54) is 21.0 Å². The van der Waals surface area contributed by atoms with Crippen molar-refractivity contribution >= 4 is 58.4 Å². The molecular weight excluding hydrogens is 478 g/mol. The molecule has 0 radical (unpaired) electrons. The number of piperazine rings is 1. The van der Waals surface area contributed by atoms with E-state index in [0.29, 0.717) is 6.04 Å². The van der Waals surface area contributed by atoms with E-state index < -0.39 is 0 Å². The van der Waals surface area contributed by atoms with Gasteiger partial charge in [-0.1, -0.05) is 24.3 Å². The van der Waals surface area contributed by atoms with Gasteiger partial charge >= 0.3 is 0 Å². The predicted molar refractivity (Wildman–Crippen MR) is 142 cm³/mol. The Morgan fingerprint density at radius 2 is 1.85 bits per heavy atom. The van der Waals surface area contributed by atoms with Crippen LogP contribution in [0.25, 0.3) is 0 Å². The Balaban J connectivity index is 0.00000153. The van der Waals surface area contributed by atoms with E-state index in [9.17, 15) is 4.39 Å². The zero-order chi connectivity index (χ0) is 21.4. The molecule has 4 nitrogen and oxygen atoms in total. The van der Waals surface area contributed by atoms with Crippen molar-refractivity contribution in [2.75, 3.05) is 32.0 Å². The third kappa shape index (κ3) is 5.52. The number of likely N-dealkylation sites (N-methyl/N-ethyl adjacent to an activating group) is 1. The van der Waals surface area contributed by atoms with Gasteiger partial charge in [0.2, 0.25) is 0 Å². The fourth-order valence-corrected chi connectivity index (χ4v) is 5.34. The number of aliphatic imine (C=N–C) groups is 1. The number of thiophene rings is 1. The maximum atomic E-state index is 13.2. The Hall–Kier alpha value is -2.12. The van der Waals surface area contributed by atoms with Crippen LogP contribution in [0, 0.1) is 12.7 Å². The molecule has 3 heterocycles. The van der Waals surface area contributed by atoms with E-state index in [1.54, 1.807) is 23.5 Å². The van der Waals surface area contributed by atoms with Crippen LogP contribution in [0.2, 0.25) is 0 Å². The van der Waals surface area contributed by atoms with E-state index >= 15 is 0 Å². The zero-order valence-corrected chi connectivity index (χ0v) is 21.2. The number of aryl methyl sites for hydroxylation is 2. The highest BCUT2D eigenvalue weighted by atomic mass is 35.5. The predicted octanol–water partition coefficient (Wildman–Crippen LogP) is 6.42. The van der Waals surface area contributed by atoms with E-state index in [4.69, 9.17) is 4.99 Å². The Morgan fingerprint density at radius 3 is 2.64 bits per heavy atom. The minimum absolute atomic E-state index is 0. The second-order valence-corrected chi connectivity index (χ2v) is 9.68. The van der Waals surface area contributed by atoms with Gasteiger partial charge in [0.25, 0.3) is 0 Å². The van der Waals surface area contributed by atoms with Crippen molar-refractivity contribution in [2.45, 2.75) is 25.8 Å². The summed E-state index contributed by atoms with van der Waals surface area (Å²) < 4.78 is 13.2. The molecule has 1 saturated heterocycles. The Kier molecular flexibility index (Phi) is 8.40. The molecule has 1 atom stereocenters. The van der Waals surface area contributed by atoms with Crippen LogP contribution in [0.4, 0.5) is 20.8 Å². The smallest absolute Gasteiger partial charge is 0.139 e. The summed E-state index contributed by atoms with van der Waals surface area (Å²) in [4.78, 5) is 11.3. The Morgan fingerprint density at radius 1 is 1.09 bits per heavy atom.